The number of rotatable bonds is 5. The number of likely N-dealkylation sites (tertiary alicyclic amines) is 1. The summed E-state index contributed by atoms with van der Waals surface area (Å²) < 4.78 is 5.16. The molecule has 23 heavy (non-hydrogen) atoms. The molecule has 0 radical (unpaired) electrons. The second-order valence-electron chi connectivity index (χ2n) is 4.90. The lowest BCUT2D eigenvalue weighted by Gasteiger charge is -2.15. The van der Waals surface area contributed by atoms with Crippen LogP contribution in [0.2, 0.25) is 0 Å². The fourth-order valence-corrected chi connectivity index (χ4v) is 2.11. The van der Waals surface area contributed by atoms with Crippen molar-refractivity contribution >= 4 is 23.7 Å². The molecule has 0 aromatic carbocycles. The van der Waals surface area contributed by atoms with Gasteiger partial charge in [0.15, 0.2) is 0 Å². The van der Waals surface area contributed by atoms with Crippen LogP contribution in [0.3, 0.4) is 0 Å². The van der Waals surface area contributed by atoms with E-state index >= 15 is 0 Å². The van der Waals surface area contributed by atoms with Gasteiger partial charge in [-0.15, -0.1) is 0 Å². The van der Waals surface area contributed by atoms with Crippen molar-refractivity contribution in [3.63, 3.8) is 0 Å². The second kappa shape index (κ2) is 7.25. The molecule has 0 spiro atoms. The van der Waals surface area contributed by atoms with Crippen molar-refractivity contribution in [1.82, 2.24) is 15.8 Å². The maximum atomic E-state index is 11.9. The molecule has 0 aliphatic carbocycles. The minimum absolute atomic E-state index is 0.0351. The van der Waals surface area contributed by atoms with E-state index in [4.69, 9.17) is 9.52 Å². The van der Waals surface area contributed by atoms with Gasteiger partial charge in [0.05, 0.1) is 18.7 Å². The molecule has 2 heterocycles. The second-order valence-corrected chi connectivity index (χ2v) is 4.90. The number of nitrogens with one attached hydrogen (secondary N) is 2. The van der Waals surface area contributed by atoms with E-state index in [1.807, 2.05) is 0 Å². The summed E-state index contributed by atoms with van der Waals surface area (Å²) in [5.74, 6) is -2.73. The van der Waals surface area contributed by atoms with E-state index in [0.717, 1.165) is 6.08 Å². The molecule has 1 aromatic heterocycles. The van der Waals surface area contributed by atoms with Crippen LogP contribution in [0.25, 0.3) is 0 Å². The van der Waals surface area contributed by atoms with E-state index in [1.54, 1.807) is 12.1 Å². The van der Waals surface area contributed by atoms with Crippen LogP contribution in [0.5, 0.6) is 0 Å². The smallest absolute Gasteiger partial charge is 0.328 e. The van der Waals surface area contributed by atoms with Gasteiger partial charge in [-0.3, -0.25) is 25.2 Å². The largest absolute Gasteiger partial charge is 0.478 e. The number of carboxylic acid groups (broad SMARTS) is 1. The van der Waals surface area contributed by atoms with Crippen molar-refractivity contribution in [3.8, 4) is 0 Å². The van der Waals surface area contributed by atoms with Crippen LogP contribution in [-0.2, 0) is 25.7 Å². The number of furan rings is 1. The van der Waals surface area contributed by atoms with Crippen LogP contribution in [0, 0.1) is 5.92 Å². The van der Waals surface area contributed by atoms with Crippen LogP contribution < -0.4 is 10.9 Å². The first-order valence-corrected chi connectivity index (χ1v) is 6.76. The average molecular weight is 321 g/mol. The Bertz CT molecular complexity index is 637. The highest BCUT2D eigenvalue weighted by atomic mass is 16.4. The number of hydrogen-bond donors (Lipinski definition) is 3. The number of hydrazine groups is 1. The maximum absolute atomic E-state index is 11.9. The highest BCUT2D eigenvalue weighted by molar-refractivity contribution is 5.95. The molecule has 1 unspecified atom stereocenters. The molecular formula is C14H15N3O6. The van der Waals surface area contributed by atoms with Crippen LogP contribution in [0.1, 0.15) is 12.2 Å². The third-order valence-corrected chi connectivity index (χ3v) is 3.20. The molecule has 1 aromatic rings. The Hall–Kier alpha value is -3.10. The molecule has 3 amide bonds. The van der Waals surface area contributed by atoms with Gasteiger partial charge in [0.1, 0.15) is 5.76 Å². The summed E-state index contributed by atoms with van der Waals surface area (Å²) in [5, 5.41) is 8.37. The number of amides is 3. The van der Waals surface area contributed by atoms with Gasteiger partial charge in [0.2, 0.25) is 11.8 Å². The van der Waals surface area contributed by atoms with Gasteiger partial charge >= 0.3 is 5.97 Å². The normalized spacial score (nSPS) is 17.5. The number of aliphatic carboxylic acids is 1. The van der Waals surface area contributed by atoms with Gasteiger partial charge in [-0.2, -0.15) is 0 Å². The standard InChI is InChI=1S/C14H15N3O6/c18-11(3-4-13(20)21)15-16-14(22)9-6-12(19)17(7-9)8-10-2-1-5-23-10/h1-5,9H,6-8H2,(H,15,18)(H,16,22)(H,20,21)/b4-3+. The van der Waals surface area contributed by atoms with E-state index < -0.39 is 23.7 Å². The Kier molecular flexibility index (Phi) is 5.13. The quantitative estimate of drug-likeness (QED) is 0.491. The lowest BCUT2D eigenvalue weighted by atomic mass is 10.1. The number of carbonyl (C=O) groups excluding carboxylic acids is 3. The van der Waals surface area contributed by atoms with E-state index in [2.05, 4.69) is 10.9 Å². The summed E-state index contributed by atoms with van der Waals surface area (Å²) in [6.45, 7) is 0.496. The molecule has 1 atom stereocenters. The molecule has 9 heteroatoms. The van der Waals surface area contributed by atoms with Crippen LogP contribution in [-0.4, -0.2) is 40.2 Å². The molecule has 122 valence electrons. The Morgan fingerprint density at radius 3 is 2.78 bits per heavy atom. The van der Waals surface area contributed by atoms with E-state index in [1.165, 1.54) is 11.2 Å². The van der Waals surface area contributed by atoms with Crippen molar-refractivity contribution in [2.45, 2.75) is 13.0 Å². The SMILES string of the molecule is O=C(O)/C=C/C(=O)NNC(=O)C1CC(=O)N(Cc2ccco2)C1. The lowest BCUT2D eigenvalue weighted by Crippen LogP contribution is -2.44. The summed E-state index contributed by atoms with van der Waals surface area (Å²) >= 11 is 0. The Morgan fingerprint density at radius 1 is 1.35 bits per heavy atom. The number of nitrogens with zero attached hydrogens (tertiary/aromatic N) is 1. The molecule has 0 bridgehead atoms. The maximum Gasteiger partial charge on any atom is 0.328 e. The zero-order valence-electron chi connectivity index (χ0n) is 12.0. The molecule has 3 N–H and O–H groups in total. The molecular weight excluding hydrogens is 306 g/mol. The van der Waals surface area contributed by atoms with Crippen LogP contribution in [0.4, 0.5) is 0 Å². The van der Waals surface area contributed by atoms with Crippen molar-refractivity contribution in [3.05, 3.63) is 36.3 Å². The van der Waals surface area contributed by atoms with E-state index in [9.17, 15) is 19.2 Å². The molecule has 0 saturated carbocycles. The van der Waals surface area contributed by atoms with Crippen molar-refractivity contribution in [2.24, 2.45) is 5.92 Å². The zero-order valence-corrected chi connectivity index (χ0v) is 12.0. The first kappa shape index (κ1) is 16.3. The Balaban J connectivity index is 1.81. The fourth-order valence-electron chi connectivity index (χ4n) is 2.11. The predicted molar refractivity (Wildman–Crippen MR) is 75.3 cm³/mol. The van der Waals surface area contributed by atoms with Crippen molar-refractivity contribution < 1.29 is 28.7 Å². The first-order valence-electron chi connectivity index (χ1n) is 6.76. The molecule has 1 fully saturated rings. The summed E-state index contributed by atoms with van der Waals surface area (Å²) in [6.07, 6.45) is 2.95. The van der Waals surface area contributed by atoms with Gasteiger partial charge in [-0.05, 0) is 12.1 Å². The van der Waals surface area contributed by atoms with Gasteiger partial charge in [0, 0.05) is 25.1 Å². The Morgan fingerprint density at radius 2 is 2.13 bits per heavy atom. The van der Waals surface area contributed by atoms with E-state index in [0.29, 0.717) is 11.8 Å². The fraction of sp³-hybridized carbons (Fsp3) is 0.286. The van der Waals surface area contributed by atoms with Gasteiger partial charge in [-0.1, -0.05) is 0 Å². The van der Waals surface area contributed by atoms with Gasteiger partial charge in [-0.25, -0.2) is 4.79 Å². The highest BCUT2D eigenvalue weighted by Crippen LogP contribution is 2.20. The predicted octanol–water partition coefficient (Wildman–Crippen LogP) is -0.584. The van der Waals surface area contributed by atoms with Gasteiger partial charge in [0.25, 0.3) is 5.91 Å². The minimum Gasteiger partial charge on any atom is -0.478 e. The molecule has 9 nitrogen and oxygen atoms in total. The number of carboxylic acids is 1. The van der Waals surface area contributed by atoms with Crippen molar-refractivity contribution in [2.75, 3.05) is 6.54 Å². The van der Waals surface area contributed by atoms with Crippen LogP contribution >= 0.6 is 0 Å². The summed E-state index contributed by atoms with van der Waals surface area (Å²) in [6, 6.07) is 3.44. The minimum atomic E-state index is -1.28. The number of carbonyl (C=O) groups is 4. The summed E-state index contributed by atoms with van der Waals surface area (Å²) in [4.78, 5) is 46.8. The lowest BCUT2D eigenvalue weighted by molar-refractivity contribution is -0.132. The summed E-state index contributed by atoms with van der Waals surface area (Å²) in [5.41, 5.74) is 4.22. The molecule has 1 saturated heterocycles. The molecule has 2 rings (SSSR count). The third-order valence-electron chi connectivity index (χ3n) is 3.20. The molecule has 1 aliphatic rings. The first-order chi connectivity index (χ1) is 11.0. The van der Waals surface area contributed by atoms with Crippen molar-refractivity contribution in [1.29, 1.82) is 0 Å². The van der Waals surface area contributed by atoms with E-state index in [-0.39, 0.29) is 25.4 Å². The summed E-state index contributed by atoms with van der Waals surface area (Å²) in [7, 11) is 0. The Labute approximate surface area is 130 Å². The average Bonchev–Trinajstić information content (AvgIpc) is 3.13. The third kappa shape index (κ3) is 4.70. The monoisotopic (exact) mass is 321 g/mol. The highest BCUT2D eigenvalue weighted by Gasteiger charge is 2.34. The molecule has 1 aliphatic heterocycles. The van der Waals surface area contributed by atoms with Crippen LogP contribution in [0.15, 0.2) is 35.0 Å². The number of hydrogen-bond acceptors (Lipinski definition) is 5. The topological polar surface area (TPSA) is 129 Å². The van der Waals surface area contributed by atoms with Gasteiger partial charge < -0.3 is 14.4 Å². The zero-order chi connectivity index (χ0) is 16.8.